The van der Waals surface area contributed by atoms with Crippen molar-refractivity contribution in [2.24, 2.45) is 0 Å². The predicted molar refractivity (Wildman–Crippen MR) is 84.5 cm³/mol. The molecule has 0 radical (unpaired) electrons. The molecule has 114 valence electrons. The van der Waals surface area contributed by atoms with Crippen molar-refractivity contribution in [3.63, 3.8) is 0 Å². The van der Waals surface area contributed by atoms with Gasteiger partial charge in [0, 0.05) is 21.8 Å². The highest BCUT2D eigenvalue weighted by Gasteiger charge is 2.15. The molecular formula is C14H16N6OS. The van der Waals surface area contributed by atoms with E-state index >= 15 is 0 Å². The standard InChI is InChI=1S/C14H16N6OS/c1-8-11(6-12(21)16-7-10-4-3-5-22-10)9(2)20-14(17-8)18-13(15)19-20/h3-5H,6-7H2,1-2H3,(H2,15,19)(H,16,21). The Bertz CT molecular complexity index is 824. The Labute approximate surface area is 131 Å². The Hall–Kier alpha value is -2.48. The number of hydrogen-bond donors (Lipinski definition) is 2. The zero-order valence-corrected chi connectivity index (χ0v) is 13.1. The van der Waals surface area contributed by atoms with Crippen LogP contribution in [0.2, 0.25) is 0 Å². The van der Waals surface area contributed by atoms with Crippen LogP contribution in [0.5, 0.6) is 0 Å². The largest absolute Gasteiger partial charge is 0.366 e. The molecule has 0 aliphatic heterocycles. The summed E-state index contributed by atoms with van der Waals surface area (Å²) in [6.07, 6.45) is 0.256. The molecule has 0 aliphatic carbocycles. The molecule has 0 spiro atoms. The monoisotopic (exact) mass is 316 g/mol. The number of carbonyl (C=O) groups is 1. The topological polar surface area (TPSA) is 98.2 Å². The maximum atomic E-state index is 12.1. The second-order valence-electron chi connectivity index (χ2n) is 4.98. The molecule has 0 aliphatic rings. The van der Waals surface area contributed by atoms with Crippen LogP contribution in [0.15, 0.2) is 17.5 Å². The lowest BCUT2D eigenvalue weighted by atomic mass is 10.1. The molecule has 8 heteroatoms. The van der Waals surface area contributed by atoms with Crippen LogP contribution in [-0.4, -0.2) is 25.5 Å². The third kappa shape index (κ3) is 2.77. The molecule has 0 unspecified atom stereocenters. The van der Waals surface area contributed by atoms with E-state index in [1.54, 1.807) is 15.9 Å². The Kier molecular flexibility index (Phi) is 3.76. The number of thiophene rings is 1. The summed E-state index contributed by atoms with van der Waals surface area (Å²) in [5.41, 5.74) is 8.05. The lowest BCUT2D eigenvalue weighted by Gasteiger charge is -2.10. The minimum atomic E-state index is -0.0474. The van der Waals surface area contributed by atoms with Gasteiger partial charge in [-0.3, -0.25) is 4.79 Å². The zero-order valence-electron chi connectivity index (χ0n) is 12.3. The van der Waals surface area contributed by atoms with Crippen LogP contribution in [0.25, 0.3) is 5.78 Å². The molecule has 0 aromatic carbocycles. The Balaban J connectivity index is 1.79. The number of nitrogen functional groups attached to an aromatic ring is 1. The molecule has 3 heterocycles. The maximum Gasteiger partial charge on any atom is 0.254 e. The van der Waals surface area contributed by atoms with Crippen LogP contribution in [0.1, 0.15) is 21.8 Å². The second kappa shape index (κ2) is 5.72. The van der Waals surface area contributed by atoms with Crippen molar-refractivity contribution in [1.82, 2.24) is 24.9 Å². The average Bonchev–Trinajstić information content (AvgIpc) is 3.10. The molecule has 0 fully saturated rings. The van der Waals surface area contributed by atoms with E-state index in [9.17, 15) is 4.79 Å². The van der Waals surface area contributed by atoms with E-state index in [4.69, 9.17) is 5.73 Å². The highest BCUT2D eigenvalue weighted by Crippen LogP contribution is 2.15. The van der Waals surface area contributed by atoms with E-state index in [0.717, 1.165) is 21.8 Å². The maximum absolute atomic E-state index is 12.1. The van der Waals surface area contributed by atoms with Gasteiger partial charge in [-0.2, -0.15) is 9.50 Å². The Morgan fingerprint density at radius 1 is 1.41 bits per heavy atom. The van der Waals surface area contributed by atoms with Crippen LogP contribution in [0.3, 0.4) is 0 Å². The Morgan fingerprint density at radius 2 is 2.23 bits per heavy atom. The molecule has 7 nitrogen and oxygen atoms in total. The van der Waals surface area contributed by atoms with Gasteiger partial charge >= 0.3 is 0 Å². The normalized spacial score (nSPS) is 11.0. The summed E-state index contributed by atoms with van der Waals surface area (Å²) >= 11 is 1.62. The first kappa shape index (κ1) is 14.5. The predicted octanol–water partition coefficient (Wildman–Crippen LogP) is 1.24. The van der Waals surface area contributed by atoms with Crippen molar-refractivity contribution in [2.45, 2.75) is 26.8 Å². The van der Waals surface area contributed by atoms with Gasteiger partial charge in [0.1, 0.15) is 0 Å². The number of nitrogens with one attached hydrogen (secondary N) is 1. The van der Waals surface area contributed by atoms with Crippen LogP contribution in [0.4, 0.5) is 5.95 Å². The minimum absolute atomic E-state index is 0.0474. The van der Waals surface area contributed by atoms with Crippen molar-refractivity contribution < 1.29 is 4.79 Å². The zero-order chi connectivity index (χ0) is 15.7. The van der Waals surface area contributed by atoms with Crippen LogP contribution in [-0.2, 0) is 17.8 Å². The number of carbonyl (C=O) groups excluding carboxylic acids is 1. The second-order valence-corrected chi connectivity index (χ2v) is 6.01. The van der Waals surface area contributed by atoms with Crippen molar-refractivity contribution in [2.75, 3.05) is 5.73 Å². The molecule has 3 N–H and O–H groups in total. The molecule has 22 heavy (non-hydrogen) atoms. The highest BCUT2D eigenvalue weighted by atomic mass is 32.1. The van der Waals surface area contributed by atoms with E-state index in [1.807, 2.05) is 31.4 Å². The van der Waals surface area contributed by atoms with Crippen molar-refractivity contribution in [3.05, 3.63) is 39.3 Å². The van der Waals surface area contributed by atoms with E-state index in [2.05, 4.69) is 20.4 Å². The summed E-state index contributed by atoms with van der Waals surface area (Å²) in [5.74, 6) is 0.582. The number of aryl methyl sites for hydroxylation is 2. The van der Waals surface area contributed by atoms with Gasteiger partial charge < -0.3 is 11.1 Å². The van der Waals surface area contributed by atoms with E-state index in [-0.39, 0.29) is 18.3 Å². The first-order valence-corrected chi connectivity index (χ1v) is 7.70. The molecule has 0 saturated carbocycles. The minimum Gasteiger partial charge on any atom is -0.366 e. The summed E-state index contributed by atoms with van der Waals surface area (Å²) in [5, 5.41) is 9.00. The Morgan fingerprint density at radius 3 is 2.95 bits per heavy atom. The van der Waals surface area contributed by atoms with Gasteiger partial charge in [-0.05, 0) is 25.3 Å². The molecule has 0 saturated heterocycles. The number of aromatic nitrogens is 4. The molecular weight excluding hydrogens is 300 g/mol. The fourth-order valence-corrected chi connectivity index (χ4v) is 2.95. The van der Waals surface area contributed by atoms with Crippen LogP contribution in [0, 0.1) is 13.8 Å². The summed E-state index contributed by atoms with van der Waals surface area (Å²) < 4.78 is 1.57. The lowest BCUT2D eigenvalue weighted by molar-refractivity contribution is -0.120. The lowest BCUT2D eigenvalue weighted by Crippen LogP contribution is -2.25. The van der Waals surface area contributed by atoms with E-state index in [1.165, 1.54) is 0 Å². The summed E-state index contributed by atoms with van der Waals surface area (Å²) in [4.78, 5) is 21.7. The van der Waals surface area contributed by atoms with Crippen molar-refractivity contribution in [1.29, 1.82) is 0 Å². The summed E-state index contributed by atoms with van der Waals surface area (Å²) in [6.45, 7) is 4.29. The quantitative estimate of drug-likeness (QED) is 0.754. The molecule has 3 aromatic rings. The first-order chi connectivity index (χ1) is 10.5. The van der Waals surface area contributed by atoms with Crippen LogP contribution < -0.4 is 11.1 Å². The van der Waals surface area contributed by atoms with Crippen molar-refractivity contribution >= 4 is 29.0 Å². The highest BCUT2D eigenvalue weighted by molar-refractivity contribution is 7.09. The number of amides is 1. The molecule has 1 amide bonds. The van der Waals surface area contributed by atoms with Gasteiger partial charge in [0.25, 0.3) is 5.78 Å². The third-order valence-corrected chi connectivity index (χ3v) is 4.32. The van der Waals surface area contributed by atoms with E-state index < -0.39 is 0 Å². The van der Waals surface area contributed by atoms with Crippen molar-refractivity contribution in [3.8, 4) is 0 Å². The smallest absolute Gasteiger partial charge is 0.254 e. The van der Waals surface area contributed by atoms with E-state index in [0.29, 0.717) is 12.3 Å². The number of nitrogens with two attached hydrogens (primary N) is 1. The molecule has 3 aromatic heterocycles. The third-order valence-electron chi connectivity index (χ3n) is 3.44. The fraction of sp³-hybridized carbons (Fsp3) is 0.286. The molecule has 3 rings (SSSR count). The molecule has 0 bridgehead atoms. The van der Waals surface area contributed by atoms with Gasteiger partial charge in [-0.1, -0.05) is 6.07 Å². The number of anilines is 1. The first-order valence-electron chi connectivity index (χ1n) is 6.82. The molecule has 0 atom stereocenters. The van der Waals surface area contributed by atoms with Gasteiger partial charge in [0.05, 0.1) is 13.0 Å². The summed E-state index contributed by atoms with van der Waals surface area (Å²) in [6, 6.07) is 3.96. The number of fused-ring (bicyclic) bond motifs is 1. The number of hydrogen-bond acceptors (Lipinski definition) is 6. The number of rotatable bonds is 4. The number of nitrogens with zero attached hydrogens (tertiary/aromatic N) is 4. The van der Waals surface area contributed by atoms with Gasteiger partial charge in [-0.15, -0.1) is 16.4 Å². The fourth-order valence-electron chi connectivity index (χ4n) is 2.30. The SMILES string of the molecule is Cc1nc2nc(N)nn2c(C)c1CC(=O)NCc1cccs1. The van der Waals surface area contributed by atoms with Crippen LogP contribution >= 0.6 is 11.3 Å². The van der Waals surface area contributed by atoms with Gasteiger partial charge in [0.15, 0.2) is 0 Å². The van der Waals surface area contributed by atoms with Gasteiger partial charge in [-0.25, -0.2) is 4.98 Å². The summed E-state index contributed by atoms with van der Waals surface area (Å²) in [7, 11) is 0. The average molecular weight is 316 g/mol. The van der Waals surface area contributed by atoms with Gasteiger partial charge in [0.2, 0.25) is 11.9 Å².